The molecule has 1 fully saturated rings. The topological polar surface area (TPSA) is 40.5 Å². The van der Waals surface area contributed by atoms with Crippen molar-refractivity contribution in [2.24, 2.45) is 0 Å². The van der Waals surface area contributed by atoms with Crippen LogP contribution in [0.1, 0.15) is 23.2 Å². The van der Waals surface area contributed by atoms with Gasteiger partial charge in [-0.25, -0.2) is 0 Å². The number of aldehydes is 1. The van der Waals surface area contributed by atoms with Crippen molar-refractivity contribution >= 4 is 23.6 Å². The van der Waals surface area contributed by atoms with E-state index in [1.54, 1.807) is 18.2 Å². The molecular formula is C12H14ClNO2. The molecule has 2 rings (SSSR count). The van der Waals surface area contributed by atoms with E-state index in [1.165, 1.54) is 0 Å². The lowest BCUT2D eigenvalue weighted by Gasteiger charge is -2.26. The Morgan fingerprint density at radius 1 is 1.56 bits per heavy atom. The summed E-state index contributed by atoms with van der Waals surface area (Å²) < 4.78 is 0. The Bertz CT molecular complexity index is 395. The zero-order chi connectivity index (χ0) is 11.5. The number of nitrogens with zero attached hydrogens (tertiary/aromatic N) is 1. The van der Waals surface area contributed by atoms with Crippen LogP contribution < -0.4 is 4.90 Å². The van der Waals surface area contributed by atoms with Gasteiger partial charge in [0.25, 0.3) is 0 Å². The van der Waals surface area contributed by atoms with E-state index in [1.807, 2.05) is 0 Å². The van der Waals surface area contributed by atoms with Crippen LogP contribution in [0.15, 0.2) is 18.2 Å². The summed E-state index contributed by atoms with van der Waals surface area (Å²) >= 11 is 5.94. The molecular weight excluding hydrogens is 226 g/mol. The smallest absolute Gasteiger partial charge is 0.152 e. The predicted octanol–water partition coefficient (Wildman–Crippen LogP) is 2.11. The molecule has 1 atom stereocenters. The third kappa shape index (κ3) is 2.06. The van der Waals surface area contributed by atoms with E-state index in [4.69, 9.17) is 11.6 Å². The minimum absolute atomic E-state index is 0.108. The second-order valence-corrected chi connectivity index (χ2v) is 4.43. The molecule has 0 saturated carbocycles. The first-order valence-electron chi connectivity index (χ1n) is 5.38. The minimum atomic E-state index is 0.108. The van der Waals surface area contributed by atoms with Crippen LogP contribution in [0.5, 0.6) is 0 Å². The van der Waals surface area contributed by atoms with Gasteiger partial charge in [-0.05, 0) is 31.0 Å². The Morgan fingerprint density at radius 3 is 3.06 bits per heavy atom. The van der Waals surface area contributed by atoms with Gasteiger partial charge >= 0.3 is 0 Å². The van der Waals surface area contributed by atoms with Gasteiger partial charge in [0.05, 0.1) is 12.6 Å². The van der Waals surface area contributed by atoms with E-state index >= 15 is 0 Å². The maximum absolute atomic E-state index is 11.0. The summed E-state index contributed by atoms with van der Waals surface area (Å²) in [5.74, 6) is 0. The monoisotopic (exact) mass is 239 g/mol. The van der Waals surface area contributed by atoms with E-state index in [0.29, 0.717) is 10.6 Å². The highest BCUT2D eigenvalue weighted by Gasteiger charge is 2.25. The van der Waals surface area contributed by atoms with Crippen LogP contribution >= 0.6 is 11.6 Å². The van der Waals surface area contributed by atoms with Crippen LogP contribution in [0.2, 0.25) is 5.02 Å². The van der Waals surface area contributed by atoms with Crippen LogP contribution in [0.25, 0.3) is 0 Å². The average Bonchev–Trinajstić information content (AvgIpc) is 2.76. The predicted molar refractivity (Wildman–Crippen MR) is 64.3 cm³/mol. The van der Waals surface area contributed by atoms with Gasteiger partial charge in [0.2, 0.25) is 0 Å². The van der Waals surface area contributed by atoms with E-state index in [-0.39, 0.29) is 12.6 Å². The van der Waals surface area contributed by atoms with Crippen LogP contribution in [-0.4, -0.2) is 30.6 Å². The number of aliphatic hydroxyl groups is 1. The summed E-state index contributed by atoms with van der Waals surface area (Å²) in [5, 5.41) is 9.88. The summed E-state index contributed by atoms with van der Waals surface area (Å²) in [6.07, 6.45) is 2.83. The molecule has 1 N–H and O–H groups in total. The highest BCUT2D eigenvalue weighted by Crippen LogP contribution is 2.30. The highest BCUT2D eigenvalue weighted by atomic mass is 35.5. The molecule has 1 unspecified atom stereocenters. The molecule has 1 aliphatic rings. The first-order valence-corrected chi connectivity index (χ1v) is 5.76. The Kier molecular flexibility index (Phi) is 3.46. The zero-order valence-electron chi connectivity index (χ0n) is 8.90. The van der Waals surface area contributed by atoms with Crippen LogP contribution in [0.3, 0.4) is 0 Å². The number of carbonyl (C=O) groups excluding carboxylic acids is 1. The van der Waals surface area contributed by atoms with Gasteiger partial charge in [-0.3, -0.25) is 4.79 Å². The average molecular weight is 240 g/mol. The maximum Gasteiger partial charge on any atom is 0.152 e. The summed E-state index contributed by atoms with van der Waals surface area (Å²) in [5.41, 5.74) is 1.46. The highest BCUT2D eigenvalue weighted by molar-refractivity contribution is 6.31. The van der Waals surface area contributed by atoms with Crippen molar-refractivity contribution in [2.45, 2.75) is 18.9 Å². The Balaban J connectivity index is 2.37. The molecule has 16 heavy (non-hydrogen) atoms. The molecule has 0 spiro atoms. The van der Waals surface area contributed by atoms with Crippen molar-refractivity contribution in [3.63, 3.8) is 0 Å². The molecule has 1 saturated heterocycles. The normalized spacial score (nSPS) is 20.1. The fraction of sp³-hybridized carbons (Fsp3) is 0.417. The first kappa shape index (κ1) is 11.4. The third-order valence-electron chi connectivity index (χ3n) is 3.02. The number of hydrogen-bond donors (Lipinski definition) is 1. The number of hydrogen-bond acceptors (Lipinski definition) is 3. The Hall–Kier alpha value is -1.06. The Morgan fingerprint density at radius 2 is 2.38 bits per heavy atom. The van der Waals surface area contributed by atoms with Crippen molar-refractivity contribution in [1.29, 1.82) is 0 Å². The van der Waals surface area contributed by atoms with Crippen LogP contribution in [0, 0.1) is 0 Å². The zero-order valence-corrected chi connectivity index (χ0v) is 9.65. The van der Waals surface area contributed by atoms with Crippen LogP contribution in [-0.2, 0) is 0 Å². The van der Waals surface area contributed by atoms with Crippen molar-refractivity contribution in [3.05, 3.63) is 28.8 Å². The van der Waals surface area contributed by atoms with Gasteiger partial charge in [0.15, 0.2) is 6.29 Å². The molecule has 0 radical (unpaired) electrons. The van der Waals surface area contributed by atoms with E-state index in [2.05, 4.69) is 4.90 Å². The number of benzene rings is 1. The standard InChI is InChI=1S/C12H14ClNO2/c13-10-4-3-9(7-15)12(6-10)14-5-1-2-11(14)8-16/h3-4,6-7,11,16H,1-2,5,8H2. The molecule has 0 amide bonds. The van der Waals surface area contributed by atoms with Gasteiger partial charge in [0, 0.05) is 22.8 Å². The summed E-state index contributed by atoms with van der Waals surface area (Å²) in [4.78, 5) is 13.0. The van der Waals surface area contributed by atoms with Gasteiger partial charge in [-0.1, -0.05) is 11.6 Å². The van der Waals surface area contributed by atoms with Gasteiger partial charge in [-0.15, -0.1) is 0 Å². The molecule has 1 aliphatic heterocycles. The molecule has 0 bridgehead atoms. The summed E-state index contributed by atoms with van der Waals surface area (Å²) in [6.45, 7) is 0.983. The van der Waals surface area contributed by atoms with Crippen molar-refractivity contribution in [2.75, 3.05) is 18.1 Å². The number of rotatable bonds is 3. The lowest BCUT2D eigenvalue weighted by molar-refractivity contribution is 0.112. The molecule has 4 heteroatoms. The largest absolute Gasteiger partial charge is 0.394 e. The third-order valence-corrected chi connectivity index (χ3v) is 3.25. The quantitative estimate of drug-likeness (QED) is 0.822. The van der Waals surface area contributed by atoms with Crippen molar-refractivity contribution < 1.29 is 9.90 Å². The van der Waals surface area contributed by atoms with Gasteiger partial charge in [0.1, 0.15) is 0 Å². The minimum Gasteiger partial charge on any atom is -0.394 e. The molecule has 0 aliphatic carbocycles. The summed E-state index contributed by atoms with van der Waals surface area (Å²) in [7, 11) is 0. The van der Waals surface area contributed by atoms with E-state index < -0.39 is 0 Å². The molecule has 1 aromatic carbocycles. The fourth-order valence-corrected chi connectivity index (χ4v) is 2.37. The molecule has 1 aromatic rings. The van der Waals surface area contributed by atoms with Crippen molar-refractivity contribution in [1.82, 2.24) is 0 Å². The lowest BCUT2D eigenvalue weighted by Crippen LogP contribution is -2.32. The number of halogens is 1. The van der Waals surface area contributed by atoms with Crippen molar-refractivity contribution in [3.8, 4) is 0 Å². The Labute approximate surface area is 99.6 Å². The molecule has 1 heterocycles. The SMILES string of the molecule is O=Cc1ccc(Cl)cc1N1CCCC1CO. The van der Waals surface area contributed by atoms with E-state index in [9.17, 15) is 9.90 Å². The number of aliphatic hydroxyl groups excluding tert-OH is 1. The number of carbonyl (C=O) groups is 1. The second-order valence-electron chi connectivity index (χ2n) is 3.99. The lowest BCUT2D eigenvalue weighted by atomic mass is 10.1. The van der Waals surface area contributed by atoms with E-state index in [0.717, 1.165) is 31.4 Å². The maximum atomic E-state index is 11.0. The first-order chi connectivity index (χ1) is 7.76. The fourth-order valence-electron chi connectivity index (χ4n) is 2.21. The molecule has 0 aromatic heterocycles. The van der Waals surface area contributed by atoms with Gasteiger partial charge in [-0.2, -0.15) is 0 Å². The number of anilines is 1. The summed E-state index contributed by atoms with van der Waals surface area (Å²) in [6, 6.07) is 5.33. The van der Waals surface area contributed by atoms with Gasteiger partial charge < -0.3 is 10.0 Å². The van der Waals surface area contributed by atoms with Crippen LogP contribution in [0.4, 0.5) is 5.69 Å². The second kappa shape index (κ2) is 4.85. The molecule has 86 valence electrons. The molecule has 3 nitrogen and oxygen atoms in total.